The molecule has 0 bridgehead atoms. The predicted molar refractivity (Wildman–Crippen MR) is 135 cm³/mol. The summed E-state index contributed by atoms with van der Waals surface area (Å²) in [5.41, 5.74) is 0.944. The lowest BCUT2D eigenvalue weighted by Gasteiger charge is -2.55. The number of rotatable bonds is 11. The minimum atomic E-state index is -0.459. The smallest absolute Gasteiger partial charge is 0.302 e. The number of hydrogen-bond acceptors (Lipinski definition) is 4. The quantitative estimate of drug-likeness (QED) is 0.181. The van der Waals surface area contributed by atoms with Gasteiger partial charge in [-0.25, -0.2) is 0 Å². The summed E-state index contributed by atoms with van der Waals surface area (Å²) in [5, 5.41) is 0. The second-order valence-corrected chi connectivity index (χ2v) is 11.9. The van der Waals surface area contributed by atoms with Gasteiger partial charge in [-0.3, -0.25) is 14.4 Å². The molecule has 3 saturated carbocycles. The zero-order chi connectivity index (χ0) is 24.1. The van der Waals surface area contributed by atoms with Gasteiger partial charge in [-0.05, 0) is 80.6 Å². The van der Waals surface area contributed by atoms with E-state index in [0.29, 0.717) is 54.0 Å². The van der Waals surface area contributed by atoms with Crippen molar-refractivity contribution in [1.29, 1.82) is 0 Å². The van der Waals surface area contributed by atoms with Gasteiger partial charge in [0.2, 0.25) is 0 Å². The van der Waals surface area contributed by atoms with Crippen molar-refractivity contribution in [2.45, 2.75) is 103 Å². The summed E-state index contributed by atoms with van der Waals surface area (Å²) in [6.07, 6.45) is 18.0. The van der Waals surface area contributed by atoms with Crippen LogP contribution in [0.1, 0.15) is 103 Å². The molecule has 4 nitrogen and oxygen atoms in total. The summed E-state index contributed by atoms with van der Waals surface area (Å²) in [4.78, 5) is 37.1. The van der Waals surface area contributed by atoms with E-state index in [1.165, 1.54) is 57.4 Å². The van der Waals surface area contributed by atoms with E-state index in [1.54, 1.807) is 0 Å². The third-order valence-electron chi connectivity index (χ3n) is 9.66. The van der Waals surface area contributed by atoms with Crippen LogP contribution in [0.15, 0.2) is 11.6 Å². The molecule has 0 unspecified atom stereocenters. The number of esters is 1. The number of halogens is 1. The van der Waals surface area contributed by atoms with Crippen LogP contribution in [-0.4, -0.2) is 30.0 Å². The monoisotopic (exact) mass is 490 g/mol. The lowest BCUT2D eigenvalue weighted by Crippen LogP contribution is -2.52. The van der Waals surface area contributed by atoms with Gasteiger partial charge < -0.3 is 4.74 Å². The highest BCUT2D eigenvalue weighted by Gasteiger charge is 2.60. The molecular weight excluding hydrogens is 448 g/mol. The Morgan fingerprint density at radius 3 is 2.50 bits per heavy atom. The minimum Gasteiger partial charge on any atom is -0.465 e. The van der Waals surface area contributed by atoms with Crippen molar-refractivity contribution in [3.05, 3.63) is 11.6 Å². The van der Waals surface area contributed by atoms with Gasteiger partial charge in [0.15, 0.2) is 5.78 Å². The van der Waals surface area contributed by atoms with Crippen molar-refractivity contribution in [3.63, 3.8) is 0 Å². The first-order chi connectivity index (χ1) is 16.5. The summed E-state index contributed by atoms with van der Waals surface area (Å²) in [6, 6.07) is 0. The third-order valence-corrected chi connectivity index (χ3v) is 9.92. The SMILES string of the molecule is CC(=O)OC[C@]12CC[C@H]3[C@@H]([C@H](CCCCCCCCCCl)CC4=CC(=O)CC[C@@H]43)[C@@H]1CCC2=O. The van der Waals surface area contributed by atoms with Crippen molar-refractivity contribution in [3.8, 4) is 0 Å². The largest absolute Gasteiger partial charge is 0.465 e. The molecule has 190 valence electrons. The van der Waals surface area contributed by atoms with Crippen LogP contribution in [0.25, 0.3) is 0 Å². The fourth-order valence-corrected chi connectivity index (χ4v) is 8.33. The maximum atomic E-state index is 13.2. The molecule has 0 aromatic rings. The Hall–Kier alpha value is -1.16. The first kappa shape index (κ1) is 25.9. The highest BCUT2D eigenvalue weighted by molar-refractivity contribution is 6.17. The molecule has 0 saturated heterocycles. The first-order valence-corrected chi connectivity index (χ1v) is 14.5. The fraction of sp³-hybridized carbons (Fsp3) is 0.828. The average Bonchev–Trinajstić information content (AvgIpc) is 3.15. The number of carbonyl (C=O) groups excluding carboxylic acids is 3. The van der Waals surface area contributed by atoms with Gasteiger partial charge in [-0.1, -0.05) is 44.1 Å². The average molecular weight is 491 g/mol. The highest BCUT2D eigenvalue weighted by atomic mass is 35.5. The molecule has 0 heterocycles. The van der Waals surface area contributed by atoms with Gasteiger partial charge in [0.1, 0.15) is 12.4 Å². The number of hydrogen-bond donors (Lipinski definition) is 0. The number of carbonyl (C=O) groups is 3. The lowest BCUT2D eigenvalue weighted by atomic mass is 9.49. The van der Waals surface area contributed by atoms with Crippen LogP contribution in [-0.2, 0) is 19.1 Å². The van der Waals surface area contributed by atoms with Crippen LogP contribution < -0.4 is 0 Å². The van der Waals surface area contributed by atoms with Crippen molar-refractivity contribution >= 4 is 29.1 Å². The van der Waals surface area contributed by atoms with Crippen molar-refractivity contribution in [1.82, 2.24) is 0 Å². The number of ether oxygens (including phenoxy) is 1. The Labute approximate surface area is 210 Å². The fourth-order valence-electron chi connectivity index (χ4n) is 8.14. The molecular formula is C29H43ClO4. The number of fused-ring (bicyclic) bond motifs is 5. The van der Waals surface area contributed by atoms with Gasteiger partial charge >= 0.3 is 5.97 Å². The molecule has 0 aromatic heterocycles. The summed E-state index contributed by atoms with van der Waals surface area (Å²) >= 11 is 5.78. The van der Waals surface area contributed by atoms with E-state index < -0.39 is 5.41 Å². The second-order valence-electron chi connectivity index (χ2n) is 11.5. The number of alkyl halides is 1. The van der Waals surface area contributed by atoms with E-state index in [1.807, 2.05) is 6.08 Å². The van der Waals surface area contributed by atoms with Crippen molar-refractivity contribution < 1.29 is 19.1 Å². The zero-order valence-corrected chi connectivity index (χ0v) is 21.8. The summed E-state index contributed by atoms with van der Waals surface area (Å²) in [7, 11) is 0. The molecule has 0 aromatic carbocycles. The molecule has 4 rings (SSSR count). The van der Waals surface area contributed by atoms with Gasteiger partial charge in [0.05, 0.1) is 5.41 Å². The Morgan fingerprint density at radius 1 is 1.03 bits per heavy atom. The highest BCUT2D eigenvalue weighted by Crippen LogP contribution is 2.63. The van der Waals surface area contributed by atoms with E-state index in [4.69, 9.17) is 16.3 Å². The molecule has 6 atom stereocenters. The number of ketones is 2. The van der Waals surface area contributed by atoms with Gasteiger partial charge in [0, 0.05) is 25.6 Å². The third kappa shape index (κ3) is 5.47. The molecule has 0 radical (unpaired) electrons. The van der Waals surface area contributed by atoms with E-state index >= 15 is 0 Å². The number of Topliss-reactive ketones (excluding diaryl/α,β-unsaturated/α-hetero) is 1. The van der Waals surface area contributed by atoms with Crippen LogP contribution >= 0.6 is 11.6 Å². The summed E-state index contributed by atoms with van der Waals surface area (Å²) in [5.74, 6) is 3.61. The predicted octanol–water partition coefficient (Wildman–Crippen LogP) is 6.83. The number of unbranched alkanes of at least 4 members (excludes halogenated alkanes) is 6. The maximum absolute atomic E-state index is 13.2. The summed E-state index contributed by atoms with van der Waals surface area (Å²) in [6.45, 7) is 1.72. The van der Waals surface area contributed by atoms with Crippen molar-refractivity contribution in [2.24, 2.45) is 35.0 Å². The van der Waals surface area contributed by atoms with Crippen molar-refractivity contribution in [2.75, 3.05) is 12.5 Å². The van der Waals surface area contributed by atoms with Gasteiger partial charge in [0.25, 0.3) is 0 Å². The standard InChI is InChI=1S/C29H43ClO4/c1-20(31)34-19-29-15-14-25-24-11-10-23(32)18-22(24)17-21(28(25)26(29)12-13-27(29)33)9-7-5-3-2-4-6-8-16-30/h18,21,24-26,28H,2-17,19H2,1H3/t21-,24+,25-,26+,28-,29-/m1/s1. The Morgan fingerprint density at radius 2 is 1.76 bits per heavy atom. The Bertz CT molecular complexity index is 789. The van der Waals surface area contributed by atoms with Crippen LogP contribution in [0.3, 0.4) is 0 Å². The Kier molecular flexibility index (Phi) is 8.93. The maximum Gasteiger partial charge on any atom is 0.302 e. The van der Waals surface area contributed by atoms with E-state index in [2.05, 4.69) is 0 Å². The lowest BCUT2D eigenvalue weighted by molar-refractivity contribution is -0.155. The molecule has 0 aliphatic heterocycles. The number of allylic oxidation sites excluding steroid dienone is 1. The minimum absolute atomic E-state index is 0.274. The van der Waals surface area contributed by atoms with E-state index in [-0.39, 0.29) is 12.6 Å². The molecule has 0 N–H and O–H groups in total. The molecule has 3 fully saturated rings. The molecule has 5 heteroatoms. The van der Waals surface area contributed by atoms with Gasteiger partial charge in [-0.15, -0.1) is 11.6 Å². The molecule has 0 spiro atoms. The second kappa shape index (κ2) is 11.7. The zero-order valence-electron chi connectivity index (χ0n) is 21.0. The molecule has 0 amide bonds. The molecule has 4 aliphatic rings. The van der Waals surface area contributed by atoms with Crippen LogP contribution in [0.2, 0.25) is 0 Å². The van der Waals surface area contributed by atoms with Crippen LogP contribution in [0.4, 0.5) is 0 Å². The van der Waals surface area contributed by atoms with Crippen LogP contribution in [0, 0.1) is 35.0 Å². The van der Waals surface area contributed by atoms with E-state index in [0.717, 1.165) is 44.4 Å². The normalized spacial score (nSPS) is 34.8. The Balaban J connectivity index is 1.47. The van der Waals surface area contributed by atoms with E-state index in [9.17, 15) is 14.4 Å². The topological polar surface area (TPSA) is 60.4 Å². The molecule has 4 aliphatic carbocycles. The summed E-state index contributed by atoms with van der Waals surface area (Å²) < 4.78 is 5.52. The van der Waals surface area contributed by atoms with Crippen LogP contribution in [0.5, 0.6) is 0 Å². The first-order valence-electron chi connectivity index (χ1n) is 13.9. The molecule has 34 heavy (non-hydrogen) atoms. The van der Waals surface area contributed by atoms with Gasteiger partial charge in [-0.2, -0.15) is 0 Å².